The third-order valence-corrected chi connectivity index (χ3v) is 6.60. The van der Waals surface area contributed by atoms with Crippen molar-refractivity contribution in [1.29, 1.82) is 0 Å². The highest BCUT2D eigenvalue weighted by Crippen LogP contribution is 2.34. The Hall–Kier alpha value is -2.77. The van der Waals surface area contributed by atoms with Gasteiger partial charge in [-0.3, -0.25) is 9.59 Å². The fourth-order valence-electron chi connectivity index (χ4n) is 3.89. The quantitative estimate of drug-likeness (QED) is 0.593. The first kappa shape index (κ1) is 23.4. The van der Waals surface area contributed by atoms with Crippen molar-refractivity contribution in [2.45, 2.75) is 39.7 Å². The van der Waals surface area contributed by atoms with Gasteiger partial charge in [-0.1, -0.05) is 31.9 Å². The first-order valence-electron chi connectivity index (χ1n) is 11.2. The molecule has 33 heavy (non-hydrogen) atoms. The van der Waals surface area contributed by atoms with Gasteiger partial charge in [-0.05, 0) is 66.8 Å². The summed E-state index contributed by atoms with van der Waals surface area (Å²) < 4.78 is 10.8. The molecule has 0 bridgehead atoms. The molecule has 2 aromatic rings. The number of nitrogens with one attached hydrogen (secondary N) is 1. The maximum Gasteiger partial charge on any atom is 0.254 e. The number of hydrogen-bond acceptors (Lipinski definition) is 5. The van der Waals surface area contributed by atoms with Crippen molar-refractivity contribution < 1.29 is 19.1 Å². The van der Waals surface area contributed by atoms with Crippen LogP contribution in [-0.2, 0) is 11.3 Å². The third-order valence-electron chi connectivity index (χ3n) is 6.23. The molecule has 8 heteroatoms. The molecule has 1 heterocycles. The van der Waals surface area contributed by atoms with Gasteiger partial charge in [-0.15, -0.1) is 0 Å². The molecule has 0 unspecified atom stereocenters. The van der Waals surface area contributed by atoms with E-state index >= 15 is 0 Å². The lowest BCUT2D eigenvalue weighted by atomic mass is 9.85. The number of nitrogens with zero attached hydrogens (tertiary/aromatic N) is 1. The number of hydrogen-bond donors (Lipinski definition) is 2. The monoisotopic (exact) mass is 471 g/mol. The van der Waals surface area contributed by atoms with Crippen molar-refractivity contribution in [3.05, 3.63) is 52.5 Å². The average molecular weight is 472 g/mol. The van der Waals surface area contributed by atoms with Crippen molar-refractivity contribution in [2.75, 3.05) is 25.2 Å². The Labute approximate surface area is 199 Å². The molecule has 1 aliphatic carbocycles. The summed E-state index contributed by atoms with van der Waals surface area (Å²) in [6.45, 7) is 5.32. The largest absolute Gasteiger partial charge is 0.454 e. The Morgan fingerprint density at radius 3 is 2.61 bits per heavy atom. The number of ether oxygens (including phenoxy) is 2. The molecule has 2 amide bonds. The number of nitrogens with two attached hydrogens (primary N) is 1. The predicted molar refractivity (Wildman–Crippen MR) is 128 cm³/mol. The zero-order chi connectivity index (χ0) is 23.6. The van der Waals surface area contributed by atoms with E-state index in [4.69, 9.17) is 26.8 Å². The van der Waals surface area contributed by atoms with Crippen LogP contribution in [0, 0.1) is 11.3 Å². The fourth-order valence-corrected chi connectivity index (χ4v) is 4.06. The standard InChI is InChI=1S/C25H30ClN3O4/c1-25(2,13-27)14-29(24(31)17-6-9-21-22(11-17)33-15-32-21)12-18-10-19(7-8-20(18)26)28-23(30)16-4-3-5-16/h6-11,16H,3-5,12-15,27H2,1-2H3,(H,28,30). The summed E-state index contributed by atoms with van der Waals surface area (Å²) in [6.07, 6.45) is 2.95. The first-order valence-corrected chi connectivity index (χ1v) is 11.6. The Morgan fingerprint density at radius 1 is 1.15 bits per heavy atom. The number of carbonyl (C=O) groups is 2. The van der Waals surface area contributed by atoms with Crippen LogP contribution in [0.2, 0.25) is 5.02 Å². The van der Waals surface area contributed by atoms with Gasteiger partial charge in [0, 0.05) is 35.3 Å². The van der Waals surface area contributed by atoms with Gasteiger partial charge in [0.05, 0.1) is 0 Å². The van der Waals surface area contributed by atoms with Gasteiger partial charge >= 0.3 is 0 Å². The maximum absolute atomic E-state index is 13.5. The van der Waals surface area contributed by atoms with E-state index in [1.807, 2.05) is 19.9 Å². The van der Waals surface area contributed by atoms with E-state index in [-0.39, 0.29) is 36.5 Å². The van der Waals surface area contributed by atoms with Gasteiger partial charge in [-0.25, -0.2) is 0 Å². The zero-order valence-electron chi connectivity index (χ0n) is 19.0. The molecule has 0 aromatic heterocycles. The number of carbonyl (C=O) groups excluding carboxylic acids is 2. The van der Waals surface area contributed by atoms with Crippen LogP contribution in [-0.4, -0.2) is 36.6 Å². The Balaban J connectivity index is 1.57. The van der Waals surface area contributed by atoms with E-state index in [2.05, 4.69) is 5.32 Å². The minimum Gasteiger partial charge on any atom is -0.454 e. The zero-order valence-corrected chi connectivity index (χ0v) is 19.8. The number of rotatable bonds is 8. The molecule has 7 nitrogen and oxygen atoms in total. The molecule has 0 radical (unpaired) electrons. The second kappa shape index (κ2) is 9.61. The normalized spacial score (nSPS) is 15.2. The summed E-state index contributed by atoms with van der Waals surface area (Å²) >= 11 is 6.50. The van der Waals surface area contributed by atoms with Gasteiger partial charge in [-0.2, -0.15) is 0 Å². The molecule has 4 rings (SSSR count). The van der Waals surface area contributed by atoms with Crippen LogP contribution < -0.4 is 20.5 Å². The van der Waals surface area contributed by atoms with Crippen LogP contribution in [0.4, 0.5) is 5.69 Å². The van der Waals surface area contributed by atoms with Crippen LogP contribution in [0.15, 0.2) is 36.4 Å². The van der Waals surface area contributed by atoms with Crippen LogP contribution in [0.1, 0.15) is 49.0 Å². The summed E-state index contributed by atoms with van der Waals surface area (Å²) in [5, 5.41) is 3.51. The topological polar surface area (TPSA) is 93.9 Å². The van der Waals surface area contributed by atoms with Crippen molar-refractivity contribution >= 4 is 29.1 Å². The van der Waals surface area contributed by atoms with E-state index in [0.29, 0.717) is 40.9 Å². The molecule has 0 atom stereocenters. The highest BCUT2D eigenvalue weighted by atomic mass is 35.5. The molecule has 176 valence electrons. The van der Waals surface area contributed by atoms with Gasteiger partial charge in [0.25, 0.3) is 5.91 Å². The predicted octanol–water partition coefficient (Wildman–Crippen LogP) is 4.43. The molecule has 3 N–H and O–H groups in total. The third kappa shape index (κ3) is 5.42. The second-order valence-electron chi connectivity index (χ2n) is 9.52. The summed E-state index contributed by atoms with van der Waals surface area (Å²) in [6, 6.07) is 10.6. The molecule has 1 fully saturated rings. The average Bonchev–Trinajstić information content (AvgIpc) is 3.21. The Morgan fingerprint density at radius 2 is 1.91 bits per heavy atom. The van der Waals surface area contributed by atoms with Crippen LogP contribution in [0.5, 0.6) is 11.5 Å². The molecule has 2 aromatic carbocycles. The van der Waals surface area contributed by atoms with Crippen LogP contribution in [0.3, 0.4) is 0 Å². The summed E-state index contributed by atoms with van der Waals surface area (Å²) in [7, 11) is 0. The van der Waals surface area contributed by atoms with Gasteiger partial charge in [0.1, 0.15) is 0 Å². The molecule has 0 saturated heterocycles. The molecule has 1 aliphatic heterocycles. The molecular formula is C25H30ClN3O4. The van der Waals surface area contributed by atoms with Crippen molar-refractivity contribution in [3.8, 4) is 11.5 Å². The number of benzene rings is 2. The van der Waals surface area contributed by atoms with Crippen molar-refractivity contribution in [2.24, 2.45) is 17.1 Å². The molecular weight excluding hydrogens is 442 g/mol. The summed E-state index contributed by atoms with van der Waals surface area (Å²) in [5.74, 6) is 1.14. The minimum atomic E-state index is -0.297. The van der Waals surface area contributed by atoms with Gasteiger partial charge < -0.3 is 25.4 Å². The van der Waals surface area contributed by atoms with Gasteiger partial charge in [0.2, 0.25) is 12.7 Å². The van der Waals surface area contributed by atoms with E-state index in [1.165, 1.54) is 0 Å². The van der Waals surface area contributed by atoms with E-state index in [0.717, 1.165) is 24.8 Å². The first-order chi connectivity index (χ1) is 15.8. The fraction of sp³-hybridized carbons (Fsp3) is 0.440. The highest BCUT2D eigenvalue weighted by molar-refractivity contribution is 6.31. The minimum absolute atomic E-state index is 0.0343. The number of halogens is 1. The smallest absolute Gasteiger partial charge is 0.254 e. The number of anilines is 1. The summed E-state index contributed by atoms with van der Waals surface area (Å²) in [5.41, 5.74) is 7.60. The SMILES string of the molecule is CC(C)(CN)CN(Cc1cc(NC(=O)C2CCC2)ccc1Cl)C(=O)c1ccc2c(c1)OCO2. The number of amides is 2. The molecule has 2 aliphatic rings. The lowest BCUT2D eigenvalue weighted by molar-refractivity contribution is -0.122. The van der Waals surface area contributed by atoms with Crippen molar-refractivity contribution in [3.63, 3.8) is 0 Å². The summed E-state index contributed by atoms with van der Waals surface area (Å²) in [4.78, 5) is 27.6. The van der Waals surface area contributed by atoms with Gasteiger partial charge in [0.15, 0.2) is 11.5 Å². The van der Waals surface area contributed by atoms with Crippen LogP contribution in [0.25, 0.3) is 0 Å². The van der Waals surface area contributed by atoms with Crippen LogP contribution >= 0.6 is 11.6 Å². The number of fused-ring (bicyclic) bond motifs is 1. The maximum atomic E-state index is 13.5. The highest BCUT2D eigenvalue weighted by Gasteiger charge is 2.28. The van der Waals surface area contributed by atoms with E-state index < -0.39 is 0 Å². The van der Waals surface area contributed by atoms with E-state index in [9.17, 15) is 9.59 Å². The molecule has 1 saturated carbocycles. The lowest BCUT2D eigenvalue weighted by Crippen LogP contribution is -2.41. The Kier molecular flexibility index (Phi) is 6.81. The lowest BCUT2D eigenvalue weighted by Gasteiger charge is -2.32. The molecule has 0 spiro atoms. The Bertz CT molecular complexity index is 1050. The second-order valence-corrected chi connectivity index (χ2v) is 9.93. The van der Waals surface area contributed by atoms with Crippen molar-refractivity contribution in [1.82, 2.24) is 4.90 Å². The van der Waals surface area contributed by atoms with E-state index in [1.54, 1.807) is 35.2 Å².